The van der Waals surface area contributed by atoms with Gasteiger partial charge in [-0.3, -0.25) is 0 Å². The van der Waals surface area contributed by atoms with Crippen molar-refractivity contribution in [3.8, 4) is 5.88 Å². The number of aromatic nitrogens is 2. The van der Waals surface area contributed by atoms with Crippen LogP contribution in [-0.2, 0) is 17.3 Å². The first-order valence-corrected chi connectivity index (χ1v) is 9.81. The Kier molecular flexibility index (Phi) is 6.88. The van der Waals surface area contributed by atoms with Crippen molar-refractivity contribution in [2.45, 2.75) is 51.4 Å². The van der Waals surface area contributed by atoms with Gasteiger partial charge in [0.15, 0.2) is 0 Å². The summed E-state index contributed by atoms with van der Waals surface area (Å²) in [5.41, 5.74) is 2.25. The number of nitrogens with one attached hydrogen (secondary N) is 1. The fourth-order valence-electron chi connectivity index (χ4n) is 2.65. The van der Waals surface area contributed by atoms with E-state index in [1.807, 2.05) is 25.1 Å². The average Bonchev–Trinajstić information content (AvgIpc) is 2.97. The minimum Gasteiger partial charge on any atom is -0.487 e. The summed E-state index contributed by atoms with van der Waals surface area (Å²) < 4.78 is 7.75. The smallest absolute Gasteiger partial charge is 0.211 e. The highest BCUT2D eigenvalue weighted by molar-refractivity contribution is 7.27. The van der Waals surface area contributed by atoms with Gasteiger partial charge in [-0.05, 0) is 42.0 Å². The number of aryl methyl sites for hydroxylation is 2. The lowest BCUT2D eigenvalue weighted by Crippen LogP contribution is -2.41. The molecule has 0 fully saturated rings. The molecular weight excluding hydrogens is 360 g/mol. The van der Waals surface area contributed by atoms with Gasteiger partial charge in [0.25, 0.3) is 0 Å². The van der Waals surface area contributed by atoms with Crippen LogP contribution in [0.15, 0.2) is 24.3 Å². The van der Waals surface area contributed by atoms with Crippen molar-refractivity contribution >= 4 is 45.9 Å². The molecule has 0 amide bonds. The molecule has 4 nitrogen and oxygen atoms in total. The minimum atomic E-state index is -1.55. The third kappa shape index (κ3) is 5.70. The van der Waals surface area contributed by atoms with Crippen molar-refractivity contribution in [3.63, 3.8) is 0 Å². The Bertz CT molecular complexity index is 831. The van der Waals surface area contributed by atoms with Crippen molar-refractivity contribution < 1.29 is 4.74 Å². The van der Waals surface area contributed by atoms with Gasteiger partial charge in [-0.25, -0.2) is 4.68 Å². The Morgan fingerprint density at radius 2 is 1.79 bits per heavy atom. The van der Waals surface area contributed by atoms with Crippen LogP contribution in [0.3, 0.4) is 0 Å². The van der Waals surface area contributed by atoms with Gasteiger partial charge in [0.1, 0.15) is 15.7 Å². The van der Waals surface area contributed by atoms with Crippen LogP contribution in [0.1, 0.15) is 44.0 Å². The highest BCUT2D eigenvalue weighted by Gasteiger charge is 2.28. The van der Waals surface area contributed by atoms with Gasteiger partial charge in [-0.2, -0.15) is 5.10 Å². The average molecular weight is 387 g/mol. The Hall–Kier alpha value is -1.12. The minimum absolute atomic E-state index is 0.112. The van der Waals surface area contributed by atoms with Crippen molar-refractivity contribution in [1.29, 1.82) is 0 Å². The summed E-state index contributed by atoms with van der Waals surface area (Å²) in [5.74, 6) is 0.408. The van der Waals surface area contributed by atoms with Gasteiger partial charge in [0, 0.05) is 12.6 Å². The quantitative estimate of drug-likeness (QED) is 0.576. The molecular formula is C19H26B4N3OP. The number of benzene rings is 1. The zero-order valence-corrected chi connectivity index (χ0v) is 18.6. The molecule has 0 aliphatic rings. The van der Waals surface area contributed by atoms with Crippen LogP contribution in [0.4, 0.5) is 0 Å². The molecule has 1 heterocycles. The molecule has 9 heteroatoms. The van der Waals surface area contributed by atoms with E-state index in [-0.39, 0.29) is 5.41 Å². The van der Waals surface area contributed by atoms with E-state index < -0.39 is 10.7 Å². The third-order valence-electron chi connectivity index (χ3n) is 4.56. The first-order chi connectivity index (χ1) is 12.7. The van der Waals surface area contributed by atoms with Gasteiger partial charge in [-0.1, -0.05) is 44.5 Å². The van der Waals surface area contributed by atoms with E-state index in [9.17, 15) is 0 Å². The highest BCUT2D eigenvalue weighted by atomic mass is 31.0. The van der Waals surface area contributed by atoms with E-state index in [2.05, 4.69) is 40.4 Å². The van der Waals surface area contributed by atoms with Gasteiger partial charge in [0.05, 0.1) is 26.8 Å². The molecule has 8 radical (unpaired) electrons. The summed E-state index contributed by atoms with van der Waals surface area (Å²) >= 11 is 0. The maximum atomic E-state index is 6.36. The number of ether oxygens (including phenoxy) is 1. The Labute approximate surface area is 176 Å². The van der Waals surface area contributed by atoms with Crippen LogP contribution in [0.25, 0.3) is 0 Å². The summed E-state index contributed by atoms with van der Waals surface area (Å²) in [6, 6.07) is 7.49. The topological polar surface area (TPSA) is 39.1 Å². The highest BCUT2D eigenvalue weighted by Crippen LogP contribution is 2.28. The monoisotopic (exact) mass is 387 g/mol. The second-order valence-electron chi connectivity index (χ2n) is 8.51. The van der Waals surface area contributed by atoms with E-state index in [4.69, 9.17) is 36.1 Å². The molecule has 1 atom stereocenters. The molecule has 1 N–H and O–H groups in total. The Morgan fingerprint density at radius 1 is 1.14 bits per heavy atom. The molecule has 1 aromatic heterocycles. The van der Waals surface area contributed by atoms with Crippen molar-refractivity contribution in [2.75, 3.05) is 7.05 Å². The summed E-state index contributed by atoms with van der Waals surface area (Å²) in [5, 5.41) is 5.39. The number of rotatable bonds is 7. The molecule has 0 spiro atoms. The Balaban J connectivity index is 2.42. The first-order valence-electron chi connectivity index (χ1n) is 9.23. The lowest BCUT2D eigenvalue weighted by Gasteiger charge is -2.30. The molecule has 28 heavy (non-hydrogen) atoms. The SMILES string of the molecule is [B]C([B])(NC)c1cc(OC([B])([B])c2cc(C)ccc2P)n(CCC(C)(C)C)n1. The van der Waals surface area contributed by atoms with Crippen LogP contribution in [0, 0.1) is 12.3 Å². The number of hydrogen-bond donors (Lipinski definition) is 1. The van der Waals surface area contributed by atoms with Gasteiger partial charge in [-0.15, -0.1) is 9.24 Å². The first kappa shape index (κ1) is 23.2. The van der Waals surface area contributed by atoms with Crippen LogP contribution in [-0.4, -0.2) is 48.2 Å². The van der Waals surface area contributed by atoms with E-state index in [1.165, 1.54) is 0 Å². The van der Waals surface area contributed by atoms with Crippen LogP contribution < -0.4 is 15.4 Å². The molecule has 2 rings (SSSR count). The van der Waals surface area contributed by atoms with E-state index in [0.29, 0.717) is 23.7 Å². The van der Waals surface area contributed by atoms with Gasteiger partial charge >= 0.3 is 0 Å². The van der Waals surface area contributed by atoms with Crippen molar-refractivity contribution in [3.05, 3.63) is 41.1 Å². The molecule has 0 aliphatic carbocycles. The largest absolute Gasteiger partial charge is 0.487 e. The molecule has 1 unspecified atom stereocenters. The van der Waals surface area contributed by atoms with Crippen LogP contribution in [0.5, 0.6) is 5.88 Å². The third-order valence-corrected chi connectivity index (χ3v) is 5.06. The lowest BCUT2D eigenvalue weighted by atomic mass is 9.60. The molecule has 1 aromatic carbocycles. The van der Waals surface area contributed by atoms with E-state index in [1.54, 1.807) is 17.8 Å². The van der Waals surface area contributed by atoms with Crippen LogP contribution in [0.2, 0.25) is 0 Å². The zero-order valence-electron chi connectivity index (χ0n) is 17.4. The number of nitrogens with zero attached hydrogens (tertiary/aromatic N) is 2. The van der Waals surface area contributed by atoms with Crippen molar-refractivity contribution in [1.82, 2.24) is 15.1 Å². The molecule has 0 aliphatic heterocycles. The maximum absolute atomic E-state index is 6.36. The maximum Gasteiger partial charge on any atom is 0.211 e. The molecule has 0 saturated carbocycles. The fourth-order valence-corrected chi connectivity index (χ4v) is 3.06. The molecule has 0 saturated heterocycles. The summed E-state index contributed by atoms with van der Waals surface area (Å²) in [6.07, 6.45) is 0.869. The second-order valence-corrected chi connectivity index (χ2v) is 9.13. The Morgan fingerprint density at radius 3 is 2.36 bits per heavy atom. The van der Waals surface area contributed by atoms with Crippen LogP contribution >= 0.6 is 9.24 Å². The predicted octanol–water partition coefficient (Wildman–Crippen LogP) is 1.32. The molecule has 2 aromatic rings. The van der Waals surface area contributed by atoms with E-state index in [0.717, 1.165) is 17.3 Å². The number of hydrogen-bond acceptors (Lipinski definition) is 3. The molecule has 0 bridgehead atoms. The van der Waals surface area contributed by atoms with E-state index >= 15 is 0 Å². The normalized spacial score (nSPS) is 12.9. The fraction of sp³-hybridized carbons (Fsp3) is 0.526. The van der Waals surface area contributed by atoms with Gasteiger partial charge in [0.2, 0.25) is 5.88 Å². The summed E-state index contributed by atoms with van der Waals surface area (Å²) in [6.45, 7) is 9.05. The second kappa shape index (κ2) is 8.32. The predicted molar refractivity (Wildman–Crippen MR) is 123 cm³/mol. The summed E-state index contributed by atoms with van der Waals surface area (Å²) in [4.78, 5) is 0. The standard InChI is InChI=1S/C19H26B4N3OP/c1-12-6-7-14(28)13(10-12)19(22,23)27-16-11-15(18(20,21)24-5)25-26(16)9-8-17(2,3)4/h6-7,10-11,24H,8-9,28H2,1-5H3. The lowest BCUT2D eigenvalue weighted by molar-refractivity contribution is 0.213. The summed E-state index contributed by atoms with van der Waals surface area (Å²) in [7, 11) is 29.2. The zero-order chi connectivity index (χ0) is 21.3. The van der Waals surface area contributed by atoms with Crippen molar-refractivity contribution in [2.24, 2.45) is 5.41 Å². The van der Waals surface area contributed by atoms with Gasteiger partial charge < -0.3 is 10.1 Å². The molecule has 140 valence electrons.